The Morgan fingerprint density at radius 2 is 1.80 bits per heavy atom. The molecule has 5 nitrogen and oxygen atoms in total. The number of carbonyl (C=O) groups is 2. The molecular formula is C15H26N2O3. The van der Waals surface area contributed by atoms with Crippen LogP contribution < -0.4 is 5.32 Å². The Morgan fingerprint density at radius 3 is 2.35 bits per heavy atom. The van der Waals surface area contributed by atoms with Crippen LogP contribution in [-0.4, -0.2) is 40.6 Å². The molecule has 5 heteroatoms. The van der Waals surface area contributed by atoms with Crippen molar-refractivity contribution in [3.05, 3.63) is 0 Å². The zero-order valence-electron chi connectivity index (χ0n) is 12.6. The number of nitrogens with one attached hydrogen (secondary N) is 1. The molecule has 0 aromatic heterocycles. The molecule has 1 aliphatic carbocycles. The lowest BCUT2D eigenvalue weighted by molar-refractivity contribution is -0.139. The van der Waals surface area contributed by atoms with Gasteiger partial charge in [-0.2, -0.15) is 0 Å². The van der Waals surface area contributed by atoms with E-state index < -0.39 is 11.5 Å². The topological polar surface area (TPSA) is 69.6 Å². The van der Waals surface area contributed by atoms with Gasteiger partial charge in [0.2, 0.25) is 0 Å². The number of carboxylic acids is 1. The molecular weight excluding hydrogens is 256 g/mol. The SMILES string of the molecule is CC1(C)CCCN(C(=O)NC2(CC(=O)O)CCC2)CC1. The summed E-state index contributed by atoms with van der Waals surface area (Å²) < 4.78 is 0. The number of rotatable bonds is 3. The largest absolute Gasteiger partial charge is 0.481 e. The number of amides is 2. The third-order valence-corrected chi connectivity index (χ3v) is 4.80. The van der Waals surface area contributed by atoms with Gasteiger partial charge in [-0.25, -0.2) is 4.79 Å². The predicted octanol–water partition coefficient (Wildman–Crippen LogP) is 2.61. The number of nitrogens with zero attached hydrogens (tertiary/aromatic N) is 1. The van der Waals surface area contributed by atoms with E-state index in [9.17, 15) is 9.59 Å². The second kappa shape index (κ2) is 5.62. The van der Waals surface area contributed by atoms with Gasteiger partial charge in [-0.05, 0) is 43.9 Å². The van der Waals surface area contributed by atoms with E-state index >= 15 is 0 Å². The summed E-state index contributed by atoms with van der Waals surface area (Å²) in [5.74, 6) is -0.831. The van der Waals surface area contributed by atoms with Crippen LogP contribution in [0.2, 0.25) is 0 Å². The van der Waals surface area contributed by atoms with Crippen LogP contribution in [-0.2, 0) is 4.79 Å². The molecule has 0 aromatic carbocycles. The molecule has 2 N–H and O–H groups in total. The van der Waals surface area contributed by atoms with Gasteiger partial charge in [-0.3, -0.25) is 4.79 Å². The third kappa shape index (κ3) is 3.64. The molecule has 0 radical (unpaired) electrons. The first-order chi connectivity index (χ1) is 9.32. The molecule has 2 fully saturated rings. The summed E-state index contributed by atoms with van der Waals surface area (Å²) in [5, 5.41) is 12.0. The Bertz CT molecular complexity index is 389. The molecule has 2 aliphatic rings. The predicted molar refractivity (Wildman–Crippen MR) is 76.6 cm³/mol. The van der Waals surface area contributed by atoms with Crippen molar-refractivity contribution < 1.29 is 14.7 Å². The van der Waals surface area contributed by atoms with E-state index in [-0.39, 0.29) is 12.5 Å². The Hall–Kier alpha value is -1.26. The van der Waals surface area contributed by atoms with Crippen molar-refractivity contribution >= 4 is 12.0 Å². The monoisotopic (exact) mass is 282 g/mol. The van der Waals surface area contributed by atoms with Crippen LogP contribution >= 0.6 is 0 Å². The molecule has 0 unspecified atom stereocenters. The fourth-order valence-electron chi connectivity index (χ4n) is 3.17. The quantitative estimate of drug-likeness (QED) is 0.836. The summed E-state index contributed by atoms with van der Waals surface area (Å²) in [6, 6.07) is -0.0800. The minimum atomic E-state index is -0.831. The number of likely N-dealkylation sites (tertiary alicyclic amines) is 1. The van der Waals surface area contributed by atoms with Crippen molar-refractivity contribution in [2.45, 2.75) is 64.3 Å². The number of urea groups is 1. The van der Waals surface area contributed by atoms with Gasteiger partial charge in [0, 0.05) is 13.1 Å². The van der Waals surface area contributed by atoms with Gasteiger partial charge < -0.3 is 15.3 Å². The highest BCUT2D eigenvalue weighted by molar-refractivity contribution is 5.77. The van der Waals surface area contributed by atoms with Gasteiger partial charge in [-0.15, -0.1) is 0 Å². The van der Waals surface area contributed by atoms with E-state index in [1.54, 1.807) is 0 Å². The second-order valence-electron chi connectivity index (χ2n) is 7.14. The summed E-state index contributed by atoms with van der Waals surface area (Å²) in [6.45, 7) is 6.03. The zero-order chi connectivity index (χ0) is 14.8. The van der Waals surface area contributed by atoms with Crippen molar-refractivity contribution in [3.63, 3.8) is 0 Å². The average Bonchev–Trinajstić information content (AvgIpc) is 2.46. The van der Waals surface area contributed by atoms with Gasteiger partial charge in [-0.1, -0.05) is 13.8 Å². The Balaban J connectivity index is 1.92. The van der Waals surface area contributed by atoms with Crippen LogP contribution in [0.4, 0.5) is 4.79 Å². The number of hydrogen-bond acceptors (Lipinski definition) is 2. The molecule has 1 aliphatic heterocycles. The lowest BCUT2D eigenvalue weighted by Crippen LogP contribution is -2.58. The van der Waals surface area contributed by atoms with Crippen molar-refractivity contribution in [2.75, 3.05) is 13.1 Å². The highest BCUT2D eigenvalue weighted by Crippen LogP contribution is 2.35. The van der Waals surface area contributed by atoms with Crippen molar-refractivity contribution in [2.24, 2.45) is 5.41 Å². The first kappa shape index (κ1) is 15.1. The van der Waals surface area contributed by atoms with E-state index in [0.29, 0.717) is 5.41 Å². The van der Waals surface area contributed by atoms with Crippen molar-refractivity contribution in [3.8, 4) is 0 Å². The molecule has 0 bridgehead atoms. The fourth-order valence-corrected chi connectivity index (χ4v) is 3.17. The minimum Gasteiger partial charge on any atom is -0.481 e. The van der Waals surface area contributed by atoms with Crippen LogP contribution in [0.25, 0.3) is 0 Å². The van der Waals surface area contributed by atoms with Crippen LogP contribution in [0, 0.1) is 5.41 Å². The number of carboxylic acid groups (broad SMARTS) is 1. The van der Waals surface area contributed by atoms with Crippen LogP contribution in [0.3, 0.4) is 0 Å². The summed E-state index contributed by atoms with van der Waals surface area (Å²) in [5.41, 5.74) is -0.199. The van der Waals surface area contributed by atoms with Gasteiger partial charge in [0.1, 0.15) is 0 Å². The summed E-state index contributed by atoms with van der Waals surface area (Å²) >= 11 is 0. The summed E-state index contributed by atoms with van der Waals surface area (Å²) in [6.07, 6.45) is 5.77. The Kier molecular flexibility index (Phi) is 4.25. The van der Waals surface area contributed by atoms with E-state index in [1.165, 1.54) is 0 Å². The third-order valence-electron chi connectivity index (χ3n) is 4.80. The molecule has 114 valence electrons. The zero-order valence-corrected chi connectivity index (χ0v) is 12.6. The van der Waals surface area contributed by atoms with Crippen LogP contribution in [0.1, 0.15) is 58.8 Å². The molecule has 20 heavy (non-hydrogen) atoms. The van der Waals surface area contributed by atoms with Crippen LogP contribution in [0.5, 0.6) is 0 Å². The average molecular weight is 282 g/mol. The maximum atomic E-state index is 12.4. The fraction of sp³-hybridized carbons (Fsp3) is 0.867. The lowest BCUT2D eigenvalue weighted by Gasteiger charge is -2.42. The van der Waals surface area contributed by atoms with Gasteiger partial charge >= 0.3 is 12.0 Å². The first-order valence-electron chi connectivity index (χ1n) is 7.61. The smallest absolute Gasteiger partial charge is 0.317 e. The van der Waals surface area contributed by atoms with Crippen LogP contribution in [0.15, 0.2) is 0 Å². The van der Waals surface area contributed by atoms with E-state index in [4.69, 9.17) is 5.11 Å². The summed E-state index contributed by atoms with van der Waals surface area (Å²) in [7, 11) is 0. The van der Waals surface area contributed by atoms with Crippen molar-refractivity contribution in [1.82, 2.24) is 10.2 Å². The molecule has 2 rings (SSSR count). The number of hydrogen-bond donors (Lipinski definition) is 2. The molecule has 0 aromatic rings. The van der Waals surface area contributed by atoms with E-state index in [0.717, 1.165) is 51.6 Å². The van der Waals surface area contributed by atoms with Gasteiger partial charge in [0.25, 0.3) is 0 Å². The molecule has 1 saturated heterocycles. The maximum Gasteiger partial charge on any atom is 0.317 e. The molecule has 1 heterocycles. The summed E-state index contributed by atoms with van der Waals surface area (Å²) in [4.78, 5) is 25.2. The second-order valence-corrected chi connectivity index (χ2v) is 7.14. The number of carbonyl (C=O) groups excluding carboxylic acids is 1. The minimum absolute atomic E-state index is 0.0398. The van der Waals surface area contributed by atoms with E-state index in [2.05, 4.69) is 19.2 Å². The number of aliphatic carboxylic acids is 1. The highest BCUT2D eigenvalue weighted by atomic mass is 16.4. The van der Waals surface area contributed by atoms with E-state index in [1.807, 2.05) is 4.90 Å². The molecule has 1 saturated carbocycles. The molecule has 0 spiro atoms. The highest BCUT2D eigenvalue weighted by Gasteiger charge is 2.41. The first-order valence-corrected chi connectivity index (χ1v) is 7.61. The Labute approximate surface area is 120 Å². The maximum absolute atomic E-state index is 12.4. The Morgan fingerprint density at radius 1 is 1.10 bits per heavy atom. The molecule has 2 amide bonds. The van der Waals surface area contributed by atoms with Gasteiger partial charge in [0.15, 0.2) is 0 Å². The van der Waals surface area contributed by atoms with Crippen molar-refractivity contribution in [1.29, 1.82) is 0 Å². The normalized spacial score (nSPS) is 24.4. The van der Waals surface area contributed by atoms with Gasteiger partial charge in [0.05, 0.1) is 12.0 Å². The standard InChI is InChI=1S/C15H26N2O3/c1-14(2)5-4-9-17(10-8-14)13(20)16-15(6-3-7-15)11-12(18)19/h3-11H2,1-2H3,(H,16,20)(H,18,19). The molecule has 0 atom stereocenters. The lowest BCUT2D eigenvalue weighted by atomic mass is 9.74.